The van der Waals surface area contributed by atoms with Crippen molar-refractivity contribution >= 4 is 11.9 Å². The molecule has 0 spiro atoms. The molecule has 0 aromatic carbocycles. The van der Waals surface area contributed by atoms with Crippen LogP contribution in [0.15, 0.2) is 0 Å². The number of nitrogens with one attached hydrogen (secondary N) is 3. The Morgan fingerprint density at radius 2 is 0.829 bits per heavy atom. The lowest BCUT2D eigenvalue weighted by Crippen LogP contribution is -2.24. The number of aromatic nitrogens is 3. The first-order valence-corrected chi connectivity index (χ1v) is 15.1. The maximum absolute atomic E-state index is 13.0. The van der Waals surface area contributed by atoms with Gasteiger partial charge in [-0.2, -0.15) is 0 Å². The Hall–Kier alpha value is -3.22. The first kappa shape index (κ1) is 32.3. The van der Waals surface area contributed by atoms with Crippen LogP contribution in [0, 0.1) is 13.8 Å². The zero-order chi connectivity index (χ0) is 30.9. The van der Waals surface area contributed by atoms with E-state index >= 15 is 0 Å². The molecule has 3 aromatic rings. The van der Waals surface area contributed by atoms with E-state index in [0.717, 1.165) is 59.3 Å². The van der Waals surface area contributed by atoms with Crippen molar-refractivity contribution in [3.8, 4) is 0 Å². The van der Waals surface area contributed by atoms with E-state index in [9.17, 15) is 9.59 Å². The maximum Gasteiger partial charge on any atom is 0.355 e. The number of hydrogen-bond donors (Lipinski definition) is 3. The van der Waals surface area contributed by atoms with Crippen LogP contribution in [0.3, 0.4) is 0 Å². The highest BCUT2D eigenvalue weighted by Crippen LogP contribution is 2.30. The average Bonchev–Trinajstić information content (AvgIpc) is 3.46. The molecule has 0 aliphatic rings. The summed E-state index contributed by atoms with van der Waals surface area (Å²) in [6, 6.07) is 0. The monoisotopic (exact) mass is 565 g/mol. The summed E-state index contributed by atoms with van der Waals surface area (Å²) in [5.74, 6) is -0.633. The maximum atomic E-state index is 13.0. The molecular weight excluding hydrogens is 514 g/mol. The Balaban J connectivity index is 2.02. The van der Waals surface area contributed by atoms with E-state index in [2.05, 4.69) is 42.6 Å². The molecule has 0 saturated carbocycles. The summed E-state index contributed by atoms with van der Waals surface area (Å²) >= 11 is 0. The quantitative estimate of drug-likeness (QED) is 0.220. The predicted molar refractivity (Wildman–Crippen MR) is 165 cm³/mol. The molecule has 0 saturated heterocycles. The Morgan fingerprint density at radius 3 is 1.10 bits per heavy atom. The molecule has 3 aromatic heterocycles. The standard InChI is InChI=1S/C34H51N3O4/c1-13-21-19(5)29(31(38)40-33(7,8)9)36-25(21)17-27-23(15-3)24(16-4)28(35-27)18-26-22(14-2)20(6)30(37-26)32(39)41-34(10,11)12/h35-37H,13-18H2,1-12H3. The van der Waals surface area contributed by atoms with Crippen molar-refractivity contribution < 1.29 is 19.1 Å². The summed E-state index contributed by atoms with van der Waals surface area (Å²) in [6.45, 7) is 23.9. The summed E-state index contributed by atoms with van der Waals surface area (Å²) in [7, 11) is 0. The van der Waals surface area contributed by atoms with Gasteiger partial charge >= 0.3 is 11.9 Å². The average molecular weight is 566 g/mol. The van der Waals surface area contributed by atoms with E-state index in [1.807, 2.05) is 55.4 Å². The molecule has 7 heteroatoms. The molecule has 0 bridgehead atoms. The van der Waals surface area contributed by atoms with Crippen molar-refractivity contribution in [2.75, 3.05) is 0 Å². The number of carbonyl (C=O) groups excluding carboxylic acids is 2. The van der Waals surface area contributed by atoms with E-state index in [-0.39, 0.29) is 11.9 Å². The molecule has 0 aliphatic carbocycles. The molecule has 3 rings (SSSR count). The zero-order valence-electron chi connectivity index (χ0n) is 27.4. The van der Waals surface area contributed by atoms with E-state index in [4.69, 9.17) is 9.47 Å². The number of ether oxygens (including phenoxy) is 2. The van der Waals surface area contributed by atoms with E-state index in [1.54, 1.807) is 0 Å². The smallest absolute Gasteiger partial charge is 0.355 e. The van der Waals surface area contributed by atoms with Crippen LogP contribution in [-0.2, 0) is 48.0 Å². The van der Waals surface area contributed by atoms with Gasteiger partial charge in [0.05, 0.1) is 0 Å². The minimum absolute atomic E-state index is 0.317. The minimum Gasteiger partial charge on any atom is -0.455 e. The van der Waals surface area contributed by atoms with Gasteiger partial charge in [-0.05, 0) is 114 Å². The zero-order valence-corrected chi connectivity index (χ0v) is 27.4. The topological polar surface area (TPSA) is 100.0 Å². The third-order valence-electron chi connectivity index (χ3n) is 7.66. The molecule has 0 unspecified atom stereocenters. The summed E-state index contributed by atoms with van der Waals surface area (Å²) < 4.78 is 11.4. The number of hydrogen-bond acceptors (Lipinski definition) is 4. The largest absolute Gasteiger partial charge is 0.455 e. The summed E-state index contributed by atoms with van der Waals surface area (Å²) in [5.41, 5.74) is 11.3. The van der Waals surface area contributed by atoms with Gasteiger partial charge in [0, 0.05) is 35.6 Å². The second-order valence-corrected chi connectivity index (χ2v) is 13.0. The molecule has 0 radical (unpaired) electrons. The van der Waals surface area contributed by atoms with Gasteiger partial charge in [0.1, 0.15) is 22.6 Å². The number of aromatic amines is 3. The van der Waals surface area contributed by atoms with Gasteiger partial charge in [-0.25, -0.2) is 9.59 Å². The van der Waals surface area contributed by atoms with Crippen LogP contribution in [0.1, 0.15) is 146 Å². The summed E-state index contributed by atoms with van der Waals surface area (Å²) in [6.07, 6.45) is 4.81. The number of esters is 2. The molecule has 3 N–H and O–H groups in total. The molecule has 3 heterocycles. The second kappa shape index (κ2) is 12.3. The molecule has 0 amide bonds. The minimum atomic E-state index is -0.558. The Labute approximate surface area is 246 Å². The van der Waals surface area contributed by atoms with E-state index in [1.165, 1.54) is 22.5 Å². The fourth-order valence-electron chi connectivity index (χ4n) is 5.93. The number of H-pyrrole nitrogens is 3. The SMILES string of the molecule is CCc1c(Cc2[nH]c(Cc3[nH]c(C(=O)OC(C)(C)C)c(C)c3CC)c(CC)c2CC)[nH]c(C(=O)OC(C)(C)C)c1C. The van der Waals surface area contributed by atoms with Gasteiger partial charge in [-0.3, -0.25) is 0 Å². The van der Waals surface area contributed by atoms with Crippen molar-refractivity contribution in [2.24, 2.45) is 0 Å². The van der Waals surface area contributed by atoms with Gasteiger partial charge in [0.2, 0.25) is 0 Å². The third-order valence-corrected chi connectivity index (χ3v) is 7.66. The summed E-state index contributed by atoms with van der Waals surface area (Å²) in [4.78, 5) is 36.6. The van der Waals surface area contributed by atoms with Crippen LogP contribution in [-0.4, -0.2) is 38.1 Å². The molecule has 41 heavy (non-hydrogen) atoms. The fourth-order valence-corrected chi connectivity index (χ4v) is 5.93. The lowest BCUT2D eigenvalue weighted by atomic mass is 9.97. The highest BCUT2D eigenvalue weighted by atomic mass is 16.6. The highest BCUT2D eigenvalue weighted by molar-refractivity contribution is 5.90. The Bertz CT molecular complexity index is 1300. The van der Waals surface area contributed by atoms with Crippen molar-refractivity contribution in [3.63, 3.8) is 0 Å². The van der Waals surface area contributed by atoms with Gasteiger partial charge in [-0.15, -0.1) is 0 Å². The van der Waals surface area contributed by atoms with Gasteiger partial charge in [0.15, 0.2) is 0 Å². The normalized spacial score (nSPS) is 12.2. The van der Waals surface area contributed by atoms with E-state index < -0.39 is 11.2 Å². The van der Waals surface area contributed by atoms with Gasteiger partial charge in [0.25, 0.3) is 0 Å². The molecule has 0 atom stereocenters. The van der Waals surface area contributed by atoms with Crippen LogP contribution in [0.25, 0.3) is 0 Å². The summed E-state index contributed by atoms with van der Waals surface area (Å²) in [5, 5.41) is 0. The van der Waals surface area contributed by atoms with Crippen LogP contribution in [0.4, 0.5) is 0 Å². The second-order valence-electron chi connectivity index (χ2n) is 13.0. The number of rotatable bonds is 10. The van der Waals surface area contributed by atoms with Gasteiger partial charge < -0.3 is 24.4 Å². The van der Waals surface area contributed by atoms with E-state index in [0.29, 0.717) is 24.2 Å². The fraction of sp³-hybridized carbons (Fsp3) is 0.588. The molecule has 7 nitrogen and oxygen atoms in total. The number of carbonyl (C=O) groups is 2. The van der Waals surface area contributed by atoms with Crippen molar-refractivity contribution in [1.29, 1.82) is 0 Å². The van der Waals surface area contributed by atoms with Crippen LogP contribution in [0.5, 0.6) is 0 Å². The van der Waals surface area contributed by atoms with Crippen molar-refractivity contribution in [2.45, 2.75) is 133 Å². The Kier molecular flexibility index (Phi) is 9.72. The van der Waals surface area contributed by atoms with Crippen molar-refractivity contribution in [3.05, 3.63) is 67.5 Å². The first-order chi connectivity index (χ1) is 19.0. The van der Waals surface area contributed by atoms with Gasteiger partial charge in [-0.1, -0.05) is 27.7 Å². The van der Waals surface area contributed by atoms with Crippen LogP contribution >= 0.6 is 0 Å². The lowest BCUT2D eigenvalue weighted by Gasteiger charge is -2.19. The third kappa shape index (κ3) is 7.17. The molecular formula is C34H51N3O4. The lowest BCUT2D eigenvalue weighted by molar-refractivity contribution is 0.00501. The van der Waals surface area contributed by atoms with Crippen molar-refractivity contribution in [1.82, 2.24) is 15.0 Å². The molecule has 0 fully saturated rings. The molecule has 226 valence electrons. The van der Waals surface area contributed by atoms with Crippen LogP contribution < -0.4 is 0 Å². The predicted octanol–water partition coefficient (Wildman–Crippen LogP) is 7.63. The van der Waals surface area contributed by atoms with Crippen LogP contribution in [0.2, 0.25) is 0 Å². The molecule has 0 aliphatic heterocycles. The highest BCUT2D eigenvalue weighted by Gasteiger charge is 2.27. The first-order valence-electron chi connectivity index (χ1n) is 15.1. The Morgan fingerprint density at radius 1 is 0.537 bits per heavy atom.